The second-order valence-corrected chi connectivity index (χ2v) is 12.9. The molecule has 1 aromatic carbocycles. The predicted octanol–water partition coefficient (Wildman–Crippen LogP) is 11.8. The van der Waals surface area contributed by atoms with Crippen LogP contribution in [0.2, 0.25) is 0 Å². The summed E-state index contributed by atoms with van der Waals surface area (Å²) in [6.45, 7) is 6.83. The Balaban J connectivity index is 1.46. The van der Waals surface area contributed by atoms with E-state index in [4.69, 9.17) is 9.97 Å². The first-order valence-corrected chi connectivity index (χ1v) is 17.1. The minimum Gasteiger partial charge on any atom is -0.236 e. The number of hydrogen-bond acceptors (Lipinski definition) is 2. The quantitative estimate of drug-likeness (QED) is 0.158. The van der Waals surface area contributed by atoms with E-state index >= 15 is 0 Å². The van der Waals surface area contributed by atoms with Crippen LogP contribution < -0.4 is 0 Å². The van der Waals surface area contributed by atoms with Crippen molar-refractivity contribution in [3.63, 3.8) is 0 Å². The molecule has 0 amide bonds. The van der Waals surface area contributed by atoms with Crippen molar-refractivity contribution >= 4 is 0 Å². The lowest BCUT2D eigenvalue weighted by Crippen LogP contribution is -2.25. The summed E-state index contributed by atoms with van der Waals surface area (Å²) in [6, 6.07) is 7.04. The SMILES string of the molecule is CCCCCCCCCc1cnc(-c2ccc(CCC3(CCCCCCCCC)CCCCC3)cc2C)nc1. The number of hydrogen-bond donors (Lipinski definition) is 0. The van der Waals surface area contributed by atoms with Crippen molar-refractivity contribution in [2.75, 3.05) is 0 Å². The van der Waals surface area contributed by atoms with Gasteiger partial charge in [0.1, 0.15) is 0 Å². The molecule has 0 atom stereocenters. The Kier molecular flexibility index (Phi) is 15.2. The molecule has 1 saturated carbocycles. The van der Waals surface area contributed by atoms with E-state index < -0.39 is 0 Å². The number of nitrogens with zero attached hydrogens (tertiary/aromatic N) is 2. The first-order chi connectivity index (χ1) is 19.2. The number of rotatable bonds is 20. The van der Waals surface area contributed by atoms with E-state index in [0.29, 0.717) is 5.41 Å². The van der Waals surface area contributed by atoms with Crippen LogP contribution in [0.3, 0.4) is 0 Å². The fourth-order valence-corrected chi connectivity index (χ4v) is 6.83. The topological polar surface area (TPSA) is 25.8 Å². The molecule has 1 aliphatic rings. The van der Waals surface area contributed by atoms with Gasteiger partial charge in [-0.05, 0) is 74.0 Å². The van der Waals surface area contributed by atoms with Crippen molar-refractivity contribution in [2.45, 2.75) is 168 Å². The van der Waals surface area contributed by atoms with Gasteiger partial charge in [-0.15, -0.1) is 0 Å². The molecule has 0 N–H and O–H groups in total. The minimum absolute atomic E-state index is 0.600. The van der Waals surface area contributed by atoms with Gasteiger partial charge in [0, 0.05) is 18.0 Å². The van der Waals surface area contributed by atoms with Crippen LogP contribution in [0, 0.1) is 12.3 Å². The van der Waals surface area contributed by atoms with E-state index in [1.165, 1.54) is 164 Å². The zero-order valence-electron chi connectivity index (χ0n) is 26.0. The third kappa shape index (κ3) is 11.7. The van der Waals surface area contributed by atoms with E-state index in [0.717, 1.165) is 12.2 Å². The molecular formula is C37H60N2. The second-order valence-electron chi connectivity index (χ2n) is 12.9. The first kappa shape index (κ1) is 31.8. The molecule has 0 radical (unpaired) electrons. The molecule has 2 aromatic rings. The van der Waals surface area contributed by atoms with Crippen LogP contribution >= 0.6 is 0 Å². The molecule has 0 bridgehead atoms. The van der Waals surface area contributed by atoms with Crippen LogP contribution in [-0.2, 0) is 12.8 Å². The molecule has 3 rings (SSSR count). The van der Waals surface area contributed by atoms with Gasteiger partial charge in [0.05, 0.1) is 0 Å². The fraction of sp³-hybridized carbons (Fsp3) is 0.730. The molecule has 2 nitrogen and oxygen atoms in total. The van der Waals surface area contributed by atoms with Gasteiger partial charge in [0.15, 0.2) is 5.82 Å². The summed E-state index contributed by atoms with van der Waals surface area (Å²) in [4.78, 5) is 9.53. The Morgan fingerprint density at radius 3 is 1.82 bits per heavy atom. The van der Waals surface area contributed by atoms with Crippen molar-refractivity contribution in [3.8, 4) is 11.4 Å². The summed E-state index contributed by atoms with van der Waals surface area (Å²) < 4.78 is 0. The maximum Gasteiger partial charge on any atom is 0.159 e. The Labute approximate surface area is 242 Å². The lowest BCUT2D eigenvalue weighted by molar-refractivity contribution is 0.152. The molecule has 0 aliphatic heterocycles. The Hall–Kier alpha value is -1.70. The van der Waals surface area contributed by atoms with Crippen LogP contribution in [-0.4, -0.2) is 9.97 Å². The van der Waals surface area contributed by atoms with E-state index in [9.17, 15) is 0 Å². The summed E-state index contributed by atoms with van der Waals surface area (Å²) in [7, 11) is 0. The standard InChI is InChI=1S/C37H60N2/c1-4-6-8-10-12-14-17-21-34-30-38-36(39-31-34)35-23-22-33(29-32(35)3)24-28-37(26-19-16-20-27-37)25-18-15-13-11-9-7-5-2/h22-23,29-31H,4-21,24-28H2,1-3H3. The molecule has 218 valence electrons. The van der Waals surface area contributed by atoms with Crippen molar-refractivity contribution in [2.24, 2.45) is 5.41 Å². The highest BCUT2D eigenvalue weighted by Gasteiger charge is 2.31. The normalized spacial score (nSPS) is 15.1. The van der Waals surface area contributed by atoms with E-state index in [-0.39, 0.29) is 0 Å². The molecule has 0 spiro atoms. The zero-order chi connectivity index (χ0) is 27.6. The number of unbranched alkanes of at least 4 members (excludes halogenated alkanes) is 12. The third-order valence-corrected chi connectivity index (χ3v) is 9.47. The van der Waals surface area contributed by atoms with Gasteiger partial charge in [-0.1, -0.05) is 135 Å². The smallest absolute Gasteiger partial charge is 0.159 e. The molecular weight excluding hydrogens is 472 g/mol. The summed E-state index contributed by atoms with van der Waals surface area (Å²) in [6.07, 6.45) is 35.9. The minimum atomic E-state index is 0.600. The number of benzene rings is 1. The van der Waals surface area contributed by atoms with Crippen LogP contribution in [0.25, 0.3) is 11.4 Å². The van der Waals surface area contributed by atoms with Crippen LogP contribution in [0.4, 0.5) is 0 Å². The maximum atomic E-state index is 4.76. The molecule has 1 aromatic heterocycles. The summed E-state index contributed by atoms with van der Waals surface area (Å²) in [5.41, 5.74) is 5.88. The van der Waals surface area contributed by atoms with Gasteiger partial charge in [-0.2, -0.15) is 0 Å². The van der Waals surface area contributed by atoms with Gasteiger partial charge >= 0.3 is 0 Å². The molecule has 1 fully saturated rings. The van der Waals surface area contributed by atoms with Crippen molar-refractivity contribution in [1.29, 1.82) is 0 Å². The third-order valence-electron chi connectivity index (χ3n) is 9.47. The second kappa shape index (κ2) is 18.6. The van der Waals surface area contributed by atoms with Crippen LogP contribution in [0.5, 0.6) is 0 Å². The zero-order valence-corrected chi connectivity index (χ0v) is 26.0. The van der Waals surface area contributed by atoms with Gasteiger partial charge in [-0.25, -0.2) is 9.97 Å². The van der Waals surface area contributed by atoms with Gasteiger partial charge < -0.3 is 0 Å². The largest absolute Gasteiger partial charge is 0.236 e. The highest BCUT2D eigenvalue weighted by Crippen LogP contribution is 2.44. The monoisotopic (exact) mass is 532 g/mol. The van der Waals surface area contributed by atoms with E-state index in [2.05, 4.69) is 51.4 Å². The highest BCUT2D eigenvalue weighted by molar-refractivity contribution is 5.60. The number of aryl methyl sites for hydroxylation is 3. The highest BCUT2D eigenvalue weighted by atomic mass is 14.9. The average Bonchev–Trinajstić information content (AvgIpc) is 2.96. The summed E-state index contributed by atoms with van der Waals surface area (Å²) in [5, 5.41) is 0. The van der Waals surface area contributed by atoms with Gasteiger partial charge in [0.25, 0.3) is 0 Å². The summed E-state index contributed by atoms with van der Waals surface area (Å²) in [5.74, 6) is 0.880. The molecule has 0 unspecified atom stereocenters. The molecule has 39 heavy (non-hydrogen) atoms. The van der Waals surface area contributed by atoms with Gasteiger partial charge in [0.2, 0.25) is 0 Å². The van der Waals surface area contributed by atoms with Crippen molar-refractivity contribution in [3.05, 3.63) is 47.3 Å². The Bertz CT molecular complexity index is 894. The maximum absolute atomic E-state index is 4.76. The lowest BCUT2D eigenvalue weighted by atomic mass is 9.68. The van der Waals surface area contributed by atoms with Crippen molar-refractivity contribution in [1.82, 2.24) is 9.97 Å². The fourth-order valence-electron chi connectivity index (χ4n) is 6.83. The van der Waals surface area contributed by atoms with E-state index in [1.54, 1.807) is 0 Å². The molecule has 0 saturated heterocycles. The molecule has 1 aliphatic carbocycles. The number of aromatic nitrogens is 2. The van der Waals surface area contributed by atoms with Gasteiger partial charge in [-0.3, -0.25) is 0 Å². The Morgan fingerprint density at radius 1 is 0.615 bits per heavy atom. The predicted molar refractivity (Wildman–Crippen MR) is 170 cm³/mol. The van der Waals surface area contributed by atoms with E-state index in [1.807, 2.05) is 0 Å². The Morgan fingerprint density at radius 2 is 1.21 bits per heavy atom. The lowest BCUT2D eigenvalue weighted by Gasteiger charge is -2.38. The van der Waals surface area contributed by atoms with Crippen LogP contribution in [0.1, 0.15) is 165 Å². The van der Waals surface area contributed by atoms with Crippen LogP contribution in [0.15, 0.2) is 30.6 Å². The molecule has 2 heteroatoms. The average molecular weight is 533 g/mol. The van der Waals surface area contributed by atoms with Crippen molar-refractivity contribution < 1.29 is 0 Å². The summed E-state index contributed by atoms with van der Waals surface area (Å²) >= 11 is 0. The molecule has 1 heterocycles. The first-order valence-electron chi connectivity index (χ1n) is 17.1.